The van der Waals surface area contributed by atoms with Gasteiger partial charge >= 0.3 is 0 Å². The van der Waals surface area contributed by atoms with E-state index >= 15 is 0 Å². The largest absolute Gasteiger partial charge is 0.486 e. The summed E-state index contributed by atoms with van der Waals surface area (Å²) in [5.41, 5.74) is 5.87. The predicted molar refractivity (Wildman–Crippen MR) is 153 cm³/mol. The molecule has 0 saturated heterocycles. The lowest BCUT2D eigenvalue weighted by Crippen LogP contribution is -2.37. The van der Waals surface area contributed by atoms with Gasteiger partial charge in [0.05, 0.1) is 12.1 Å². The summed E-state index contributed by atoms with van der Waals surface area (Å²) in [4.78, 5) is 18.2. The Bertz CT molecular complexity index is 1500. The van der Waals surface area contributed by atoms with Crippen molar-refractivity contribution >= 4 is 33.9 Å². The van der Waals surface area contributed by atoms with Crippen LogP contribution < -0.4 is 20.3 Å². The molecule has 6 nitrogen and oxygen atoms in total. The standard InChI is InChI=1S/C30H31N3O3S/c1-3-22-9-4-5-10-25(22)32-30(37)33(12-11-21-8-6-7-20(2)15-21)19-24-16-23-17-27-28(36-14-13-35-27)18-26(23)31-29(24)34/h4-10,15-18H,3,11-14,19H2,1-2H3,(H,31,34)(H,32,37). The van der Waals surface area contributed by atoms with Gasteiger partial charge in [0, 0.05) is 29.2 Å². The number of pyridine rings is 1. The predicted octanol–water partition coefficient (Wildman–Crippen LogP) is 5.61. The van der Waals surface area contributed by atoms with E-state index in [0.717, 1.165) is 29.4 Å². The van der Waals surface area contributed by atoms with Gasteiger partial charge in [0.25, 0.3) is 5.56 Å². The Morgan fingerprint density at radius 2 is 1.78 bits per heavy atom. The summed E-state index contributed by atoms with van der Waals surface area (Å²) < 4.78 is 11.4. The molecule has 0 unspecified atom stereocenters. The average Bonchev–Trinajstić information content (AvgIpc) is 2.90. The third kappa shape index (κ3) is 5.78. The van der Waals surface area contributed by atoms with Gasteiger partial charge in [0.15, 0.2) is 16.6 Å². The fourth-order valence-corrected chi connectivity index (χ4v) is 4.91. The van der Waals surface area contributed by atoms with E-state index in [1.807, 2.05) is 36.4 Å². The number of hydrogen-bond donors (Lipinski definition) is 2. The molecule has 1 aromatic heterocycles. The molecule has 5 rings (SSSR count). The third-order valence-corrected chi connectivity index (χ3v) is 6.99. The van der Waals surface area contributed by atoms with Crippen molar-refractivity contribution in [2.75, 3.05) is 25.1 Å². The van der Waals surface area contributed by atoms with Gasteiger partial charge in [-0.15, -0.1) is 0 Å². The molecular weight excluding hydrogens is 482 g/mol. The van der Waals surface area contributed by atoms with Crippen LogP contribution in [-0.2, 0) is 19.4 Å². The van der Waals surface area contributed by atoms with Crippen LogP contribution in [0.3, 0.4) is 0 Å². The maximum Gasteiger partial charge on any atom is 0.253 e. The van der Waals surface area contributed by atoms with Crippen LogP contribution in [0.4, 0.5) is 5.69 Å². The van der Waals surface area contributed by atoms with E-state index in [-0.39, 0.29) is 5.56 Å². The van der Waals surface area contributed by atoms with Crippen LogP contribution in [0, 0.1) is 6.92 Å². The maximum absolute atomic E-state index is 13.1. The molecule has 190 valence electrons. The minimum atomic E-state index is -0.138. The molecule has 0 atom stereocenters. The molecule has 7 heteroatoms. The van der Waals surface area contributed by atoms with Gasteiger partial charge in [-0.3, -0.25) is 4.79 Å². The number of benzene rings is 3. The highest BCUT2D eigenvalue weighted by atomic mass is 32.1. The fourth-order valence-electron chi connectivity index (χ4n) is 4.64. The summed E-state index contributed by atoms with van der Waals surface area (Å²) in [7, 11) is 0. The first kappa shape index (κ1) is 24.8. The summed E-state index contributed by atoms with van der Waals surface area (Å²) in [6.07, 6.45) is 1.71. The van der Waals surface area contributed by atoms with Crippen molar-refractivity contribution in [3.05, 3.63) is 99.3 Å². The van der Waals surface area contributed by atoms with E-state index in [4.69, 9.17) is 21.7 Å². The number of fused-ring (bicyclic) bond motifs is 2. The van der Waals surface area contributed by atoms with Crippen molar-refractivity contribution < 1.29 is 9.47 Å². The number of ether oxygens (including phenoxy) is 2. The van der Waals surface area contributed by atoms with Crippen LogP contribution in [0.2, 0.25) is 0 Å². The molecule has 2 heterocycles. The molecule has 1 aliphatic heterocycles. The van der Waals surface area contributed by atoms with E-state index < -0.39 is 0 Å². The quantitative estimate of drug-likeness (QED) is 0.313. The topological polar surface area (TPSA) is 66.6 Å². The van der Waals surface area contributed by atoms with Crippen LogP contribution in [-0.4, -0.2) is 34.8 Å². The zero-order valence-corrected chi connectivity index (χ0v) is 22.0. The van der Waals surface area contributed by atoms with E-state index in [0.29, 0.717) is 48.5 Å². The summed E-state index contributed by atoms with van der Waals surface area (Å²) in [6, 6.07) is 22.3. The van der Waals surface area contributed by atoms with Crippen LogP contribution in [0.5, 0.6) is 11.5 Å². The first-order valence-corrected chi connectivity index (χ1v) is 13.1. The third-order valence-electron chi connectivity index (χ3n) is 6.63. The fraction of sp³-hybridized carbons (Fsp3) is 0.267. The van der Waals surface area contributed by atoms with Crippen molar-refractivity contribution in [2.45, 2.75) is 33.2 Å². The molecule has 3 aromatic carbocycles. The van der Waals surface area contributed by atoms with E-state index in [1.54, 1.807) is 0 Å². The Morgan fingerprint density at radius 1 is 1.00 bits per heavy atom. The van der Waals surface area contributed by atoms with Crippen LogP contribution in [0.1, 0.15) is 29.2 Å². The van der Waals surface area contributed by atoms with Crippen LogP contribution >= 0.6 is 12.2 Å². The molecule has 0 aliphatic carbocycles. The number of para-hydroxylation sites is 1. The van der Waals surface area contributed by atoms with E-state index in [2.05, 4.69) is 59.4 Å². The number of anilines is 1. The maximum atomic E-state index is 13.1. The van der Waals surface area contributed by atoms with Crippen molar-refractivity contribution in [2.24, 2.45) is 0 Å². The average molecular weight is 514 g/mol. The van der Waals surface area contributed by atoms with E-state index in [1.165, 1.54) is 16.7 Å². The molecule has 0 radical (unpaired) electrons. The highest BCUT2D eigenvalue weighted by Gasteiger charge is 2.17. The molecule has 0 bridgehead atoms. The molecule has 0 fully saturated rings. The van der Waals surface area contributed by atoms with Gasteiger partial charge in [-0.1, -0.05) is 55.0 Å². The highest BCUT2D eigenvalue weighted by molar-refractivity contribution is 7.80. The normalized spacial score (nSPS) is 12.4. The second kappa shape index (κ2) is 11.0. The summed E-state index contributed by atoms with van der Waals surface area (Å²) >= 11 is 5.89. The van der Waals surface area contributed by atoms with Gasteiger partial charge in [0.1, 0.15) is 13.2 Å². The van der Waals surface area contributed by atoms with Crippen molar-refractivity contribution in [1.29, 1.82) is 0 Å². The smallest absolute Gasteiger partial charge is 0.253 e. The zero-order chi connectivity index (χ0) is 25.8. The lowest BCUT2D eigenvalue weighted by molar-refractivity contribution is 0.172. The van der Waals surface area contributed by atoms with Crippen molar-refractivity contribution in [3.63, 3.8) is 0 Å². The first-order valence-electron chi connectivity index (χ1n) is 12.6. The highest BCUT2D eigenvalue weighted by Crippen LogP contribution is 2.33. The number of nitrogens with one attached hydrogen (secondary N) is 2. The molecular formula is C30H31N3O3S. The summed E-state index contributed by atoms with van der Waals surface area (Å²) in [5.74, 6) is 1.35. The molecule has 0 saturated carbocycles. The minimum absolute atomic E-state index is 0.138. The lowest BCUT2D eigenvalue weighted by Gasteiger charge is -2.27. The monoisotopic (exact) mass is 513 g/mol. The van der Waals surface area contributed by atoms with Gasteiger partial charge < -0.3 is 24.7 Å². The number of H-pyrrole nitrogens is 1. The number of nitrogens with zero attached hydrogens (tertiary/aromatic N) is 1. The van der Waals surface area contributed by atoms with Gasteiger partial charge in [0.2, 0.25) is 0 Å². The number of aryl methyl sites for hydroxylation is 2. The number of hydrogen-bond acceptors (Lipinski definition) is 4. The molecule has 0 spiro atoms. The first-order chi connectivity index (χ1) is 18.0. The Hall–Kier alpha value is -3.84. The van der Waals surface area contributed by atoms with E-state index in [9.17, 15) is 4.79 Å². The van der Waals surface area contributed by atoms with Gasteiger partial charge in [-0.25, -0.2) is 0 Å². The van der Waals surface area contributed by atoms with Crippen LogP contribution in [0.25, 0.3) is 10.9 Å². The Morgan fingerprint density at radius 3 is 2.57 bits per heavy atom. The Kier molecular flexibility index (Phi) is 7.42. The van der Waals surface area contributed by atoms with Crippen LogP contribution in [0.15, 0.2) is 71.5 Å². The minimum Gasteiger partial charge on any atom is -0.486 e. The number of rotatable bonds is 7. The number of aromatic amines is 1. The molecule has 37 heavy (non-hydrogen) atoms. The SMILES string of the molecule is CCc1ccccc1NC(=S)N(CCc1cccc(C)c1)Cc1cc2cc3c(cc2[nH]c1=O)OCCO3. The van der Waals surface area contributed by atoms with Gasteiger partial charge in [-0.2, -0.15) is 0 Å². The zero-order valence-electron chi connectivity index (χ0n) is 21.2. The second-order valence-electron chi connectivity index (χ2n) is 9.31. The Labute approximate surface area is 222 Å². The number of aromatic nitrogens is 1. The lowest BCUT2D eigenvalue weighted by atomic mass is 10.1. The molecule has 0 amide bonds. The Balaban J connectivity index is 1.44. The van der Waals surface area contributed by atoms with Gasteiger partial charge in [-0.05, 0) is 61.3 Å². The second-order valence-corrected chi connectivity index (χ2v) is 9.69. The molecule has 2 N–H and O–H groups in total. The summed E-state index contributed by atoms with van der Waals surface area (Å²) in [5, 5.41) is 4.92. The van der Waals surface area contributed by atoms with Crippen molar-refractivity contribution in [3.8, 4) is 11.5 Å². The summed E-state index contributed by atoms with van der Waals surface area (Å²) in [6.45, 7) is 6.29. The molecule has 1 aliphatic rings. The van der Waals surface area contributed by atoms with Crippen molar-refractivity contribution in [1.82, 2.24) is 9.88 Å². The number of thiocarbonyl (C=S) groups is 1. The molecule has 4 aromatic rings.